The molecule has 2 amide bonds. The van der Waals surface area contributed by atoms with Crippen molar-refractivity contribution in [2.45, 2.75) is 13.0 Å². The smallest absolute Gasteiger partial charge is 0.317 e. The molecule has 1 aromatic heterocycles. The summed E-state index contributed by atoms with van der Waals surface area (Å²) in [5.41, 5.74) is 0.770. The highest BCUT2D eigenvalue weighted by molar-refractivity contribution is 6.30. The highest BCUT2D eigenvalue weighted by Crippen LogP contribution is 2.21. The van der Waals surface area contributed by atoms with Crippen LogP contribution in [0, 0.1) is 5.82 Å². The summed E-state index contributed by atoms with van der Waals surface area (Å²) in [4.78, 5) is 20.7. The second-order valence-corrected chi connectivity index (χ2v) is 6.41. The van der Waals surface area contributed by atoms with Gasteiger partial charge in [0.05, 0.1) is 11.1 Å². The summed E-state index contributed by atoms with van der Waals surface area (Å²) in [5.74, 6) is 0.464. The van der Waals surface area contributed by atoms with Crippen LogP contribution in [0.2, 0.25) is 5.02 Å². The van der Waals surface area contributed by atoms with Gasteiger partial charge in [0, 0.05) is 32.4 Å². The van der Waals surface area contributed by atoms with Crippen molar-refractivity contribution in [2.24, 2.45) is 0 Å². The average molecular weight is 363 g/mol. The van der Waals surface area contributed by atoms with Crippen LogP contribution in [0.3, 0.4) is 0 Å². The van der Waals surface area contributed by atoms with Gasteiger partial charge >= 0.3 is 6.03 Å². The molecule has 0 bridgehead atoms. The average Bonchev–Trinajstić information content (AvgIpc) is 2.64. The summed E-state index contributed by atoms with van der Waals surface area (Å²) in [6.07, 6.45) is 1.77. The standard InChI is InChI=1S/C18H20ClFN4O/c1-13(14-5-6-16(20)15(19)12-14)22-18(25)24-10-8-23(9-11-24)17-4-2-3-7-21-17/h2-7,12-13H,8-11H2,1H3,(H,22,25)/t13-/m1/s1. The molecule has 5 nitrogen and oxygen atoms in total. The number of piperazine rings is 1. The molecule has 25 heavy (non-hydrogen) atoms. The van der Waals surface area contributed by atoms with Crippen molar-refractivity contribution >= 4 is 23.4 Å². The Bertz CT molecular complexity index is 735. The Morgan fingerprint density at radius 2 is 2.00 bits per heavy atom. The van der Waals surface area contributed by atoms with Gasteiger partial charge in [-0.2, -0.15) is 0 Å². The zero-order chi connectivity index (χ0) is 17.8. The van der Waals surface area contributed by atoms with Gasteiger partial charge in [-0.05, 0) is 36.8 Å². The van der Waals surface area contributed by atoms with Crippen LogP contribution in [-0.4, -0.2) is 42.1 Å². The van der Waals surface area contributed by atoms with E-state index in [4.69, 9.17) is 11.6 Å². The first-order valence-electron chi connectivity index (χ1n) is 8.21. The maximum Gasteiger partial charge on any atom is 0.317 e. The van der Waals surface area contributed by atoms with Gasteiger partial charge in [-0.3, -0.25) is 0 Å². The molecule has 2 aromatic rings. The van der Waals surface area contributed by atoms with Gasteiger partial charge in [-0.1, -0.05) is 23.7 Å². The van der Waals surface area contributed by atoms with E-state index < -0.39 is 5.82 Å². The van der Waals surface area contributed by atoms with Crippen molar-refractivity contribution in [2.75, 3.05) is 31.1 Å². The number of urea groups is 1. The lowest BCUT2D eigenvalue weighted by molar-refractivity contribution is 0.191. The molecule has 1 fully saturated rings. The first-order valence-corrected chi connectivity index (χ1v) is 8.59. The quantitative estimate of drug-likeness (QED) is 0.909. The Labute approximate surface area is 151 Å². The molecule has 1 N–H and O–H groups in total. The van der Waals surface area contributed by atoms with Crippen LogP contribution < -0.4 is 10.2 Å². The summed E-state index contributed by atoms with van der Waals surface area (Å²) < 4.78 is 13.3. The summed E-state index contributed by atoms with van der Waals surface area (Å²) >= 11 is 5.81. The van der Waals surface area contributed by atoms with E-state index in [9.17, 15) is 9.18 Å². The number of anilines is 1. The van der Waals surface area contributed by atoms with E-state index in [-0.39, 0.29) is 17.1 Å². The van der Waals surface area contributed by atoms with E-state index >= 15 is 0 Å². The Morgan fingerprint density at radius 1 is 1.24 bits per heavy atom. The lowest BCUT2D eigenvalue weighted by Gasteiger charge is -2.35. The third-order valence-electron chi connectivity index (χ3n) is 4.32. The van der Waals surface area contributed by atoms with Crippen LogP contribution in [0.15, 0.2) is 42.6 Å². The number of nitrogens with zero attached hydrogens (tertiary/aromatic N) is 3. The summed E-state index contributed by atoms with van der Waals surface area (Å²) in [6.45, 7) is 4.58. The van der Waals surface area contributed by atoms with Gasteiger partial charge < -0.3 is 15.1 Å². The van der Waals surface area contributed by atoms with E-state index in [1.165, 1.54) is 6.07 Å². The molecule has 0 spiro atoms. The second kappa shape index (κ2) is 7.70. The van der Waals surface area contributed by atoms with E-state index in [1.807, 2.05) is 25.1 Å². The fourth-order valence-corrected chi connectivity index (χ4v) is 3.01. The van der Waals surface area contributed by atoms with Gasteiger partial charge in [0.2, 0.25) is 0 Å². The maximum atomic E-state index is 13.3. The third kappa shape index (κ3) is 4.20. The van der Waals surface area contributed by atoms with Crippen LogP contribution in [0.1, 0.15) is 18.5 Å². The summed E-state index contributed by atoms with van der Waals surface area (Å²) in [6, 6.07) is 9.91. The van der Waals surface area contributed by atoms with E-state index in [2.05, 4.69) is 15.2 Å². The van der Waals surface area contributed by atoms with Gasteiger partial charge in [-0.25, -0.2) is 14.2 Å². The molecule has 1 aliphatic heterocycles. The minimum absolute atomic E-state index is 0.0579. The van der Waals surface area contributed by atoms with Crippen LogP contribution in [0.25, 0.3) is 0 Å². The molecule has 132 valence electrons. The third-order valence-corrected chi connectivity index (χ3v) is 4.61. The maximum absolute atomic E-state index is 13.3. The number of hydrogen-bond donors (Lipinski definition) is 1. The molecule has 1 atom stereocenters. The fourth-order valence-electron chi connectivity index (χ4n) is 2.82. The van der Waals surface area contributed by atoms with Gasteiger partial charge in [0.1, 0.15) is 11.6 Å². The number of carbonyl (C=O) groups is 1. The van der Waals surface area contributed by atoms with Crippen LogP contribution >= 0.6 is 11.6 Å². The summed E-state index contributed by atoms with van der Waals surface area (Å²) in [5, 5.41) is 3.00. The molecule has 1 saturated heterocycles. The molecule has 1 aliphatic rings. The van der Waals surface area contributed by atoms with Crippen LogP contribution in [0.4, 0.5) is 15.0 Å². The minimum atomic E-state index is -0.463. The second-order valence-electron chi connectivity index (χ2n) is 6.01. The molecule has 3 rings (SSSR count). The van der Waals surface area contributed by atoms with Crippen molar-refractivity contribution in [1.29, 1.82) is 0 Å². The molecule has 0 aliphatic carbocycles. The zero-order valence-electron chi connectivity index (χ0n) is 14.0. The molecule has 2 heterocycles. The Balaban J connectivity index is 1.55. The van der Waals surface area contributed by atoms with Gasteiger partial charge in [0.15, 0.2) is 0 Å². The molecular weight excluding hydrogens is 343 g/mol. The van der Waals surface area contributed by atoms with Crippen molar-refractivity contribution in [3.05, 3.63) is 59.0 Å². The number of halogens is 2. The monoisotopic (exact) mass is 362 g/mol. The number of hydrogen-bond acceptors (Lipinski definition) is 3. The number of amides is 2. The Hall–Kier alpha value is -2.34. The Morgan fingerprint density at radius 3 is 2.64 bits per heavy atom. The largest absolute Gasteiger partial charge is 0.353 e. The molecule has 0 radical (unpaired) electrons. The molecule has 1 aromatic carbocycles. The van der Waals surface area contributed by atoms with E-state index in [0.717, 1.165) is 24.5 Å². The van der Waals surface area contributed by atoms with Crippen molar-refractivity contribution < 1.29 is 9.18 Å². The predicted octanol–water partition coefficient (Wildman–Crippen LogP) is 3.47. The fraction of sp³-hybridized carbons (Fsp3) is 0.333. The number of nitrogens with one attached hydrogen (secondary N) is 1. The zero-order valence-corrected chi connectivity index (χ0v) is 14.7. The lowest BCUT2D eigenvalue weighted by Crippen LogP contribution is -2.52. The molecular formula is C18H20ClFN4O. The van der Waals surface area contributed by atoms with Crippen molar-refractivity contribution in [3.63, 3.8) is 0 Å². The highest BCUT2D eigenvalue weighted by Gasteiger charge is 2.23. The van der Waals surface area contributed by atoms with Crippen molar-refractivity contribution in [3.8, 4) is 0 Å². The highest BCUT2D eigenvalue weighted by atomic mass is 35.5. The molecule has 0 unspecified atom stereocenters. The lowest BCUT2D eigenvalue weighted by atomic mass is 10.1. The number of carbonyl (C=O) groups excluding carboxylic acids is 1. The van der Waals surface area contributed by atoms with Crippen LogP contribution in [-0.2, 0) is 0 Å². The van der Waals surface area contributed by atoms with Gasteiger partial charge in [-0.15, -0.1) is 0 Å². The molecule has 7 heteroatoms. The number of pyridine rings is 1. The Kier molecular flexibility index (Phi) is 5.38. The number of benzene rings is 1. The van der Waals surface area contributed by atoms with E-state index in [1.54, 1.807) is 23.2 Å². The SMILES string of the molecule is C[C@@H](NC(=O)N1CCN(c2ccccn2)CC1)c1ccc(F)c(Cl)c1. The topological polar surface area (TPSA) is 48.5 Å². The normalized spacial score (nSPS) is 15.8. The first-order chi connectivity index (χ1) is 12.0. The molecule has 0 saturated carbocycles. The number of aromatic nitrogens is 1. The van der Waals surface area contributed by atoms with Crippen LogP contribution in [0.5, 0.6) is 0 Å². The first kappa shape index (κ1) is 17.5. The van der Waals surface area contributed by atoms with E-state index in [0.29, 0.717) is 13.1 Å². The summed E-state index contributed by atoms with van der Waals surface area (Å²) in [7, 11) is 0. The predicted molar refractivity (Wildman–Crippen MR) is 96.4 cm³/mol. The minimum Gasteiger partial charge on any atom is -0.353 e. The van der Waals surface area contributed by atoms with Crippen molar-refractivity contribution in [1.82, 2.24) is 15.2 Å². The van der Waals surface area contributed by atoms with Gasteiger partial charge in [0.25, 0.3) is 0 Å². The number of rotatable bonds is 3.